The number of rotatable bonds is 4. The van der Waals surface area contributed by atoms with Crippen LogP contribution >= 0.6 is 0 Å². The number of benzene rings is 2. The molecule has 6 nitrogen and oxygen atoms in total. The normalized spacial score (nSPS) is 11.2. The summed E-state index contributed by atoms with van der Waals surface area (Å²) < 4.78 is 32.9. The highest BCUT2D eigenvalue weighted by Gasteiger charge is 2.16. The first-order chi connectivity index (χ1) is 13.5. The van der Waals surface area contributed by atoms with E-state index in [1.807, 2.05) is 0 Å². The lowest BCUT2D eigenvalue weighted by molar-refractivity contribution is 0.0535. The van der Waals surface area contributed by atoms with Crippen LogP contribution in [0.15, 0.2) is 47.4 Å². The number of carbonyl (C=O) groups is 1. The van der Waals surface area contributed by atoms with E-state index < -0.39 is 21.7 Å². The fourth-order valence-corrected chi connectivity index (χ4v) is 3.38. The Hall–Kier alpha value is -2.92. The number of alkyl carbamates (subject to hydrolysis) is 1. The monoisotopic (exact) mass is 410 g/mol. The number of ether oxygens (including phenoxy) is 1. The van der Waals surface area contributed by atoms with E-state index in [1.165, 1.54) is 18.2 Å². The SMILES string of the molecule is [B]c1cc(NS(=O)(=O)c2ccccc2)c(C#CCNC(=O)OC(C)(C)C)cc1C. The Morgan fingerprint density at radius 2 is 1.83 bits per heavy atom. The van der Waals surface area contributed by atoms with E-state index in [0.29, 0.717) is 11.0 Å². The van der Waals surface area contributed by atoms with Crippen LogP contribution in [0.25, 0.3) is 0 Å². The van der Waals surface area contributed by atoms with Crippen LogP contribution in [0.2, 0.25) is 0 Å². The van der Waals surface area contributed by atoms with Crippen molar-refractivity contribution in [2.75, 3.05) is 11.3 Å². The molecule has 0 aliphatic carbocycles. The lowest BCUT2D eigenvalue weighted by atomic mass is 9.89. The molecule has 0 unspecified atom stereocenters. The Morgan fingerprint density at radius 1 is 1.17 bits per heavy atom. The molecule has 0 aliphatic rings. The zero-order valence-electron chi connectivity index (χ0n) is 16.9. The number of hydrogen-bond donors (Lipinski definition) is 2. The second-order valence-corrected chi connectivity index (χ2v) is 9.01. The molecule has 150 valence electrons. The van der Waals surface area contributed by atoms with Gasteiger partial charge in [0.1, 0.15) is 13.4 Å². The van der Waals surface area contributed by atoms with Crippen molar-refractivity contribution in [3.05, 3.63) is 53.6 Å². The van der Waals surface area contributed by atoms with E-state index in [-0.39, 0.29) is 17.1 Å². The maximum absolute atomic E-state index is 12.6. The first kappa shape index (κ1) is 22.4. The zero-order chi connectivity index (χ0) is 21.7. The predicted molar refractivity (Wildman–Crippen MR) is 115 cm³/mol. The summed E-state index contributed by atoms with van der Waals surface area (Å²) in [6, 6.07) is 11.2. The third-order valence-corrected chi connectivity index (χ3v) is 5.03. The van der Waals surface area contributed by atoms with Crippen molar-refractivity contribution in [2.24, 2.45) is 0 Å². The average molecular weight is 410 g/mol. The Kier molecular flexibility index (Phi) is 6.99. The van der Waals surface area contributed by atoms with E-state index in [1.54, 1.807) is 52.0 Å². The van der Waals surface area contributed by atoms with Gasteiger partial charge in [-0.25, -0.2) is 13.2 Å². The van der Waals surface area contributed by atoms with Crippen molar-refractivity contribution in [2.45, 2.75) is 38.2 Å². The molecule has 0 aliphatic heterocycles. The average Bonchev–Trinajstić information content (AvgIpc) is 2.61. The van der Waals surface area contributed by atoms with Gasteiger partial charge in [-0.05, 0) is 52.0 Å². The number of aryl methyl sites for hydroxylation is 1. The summed E-state index contributed by atoms with van der Waals surface area (Å²) in [6.45, 7) is 7.14. The van der Waals surface area contributed by atoms with E-state index >= 15 is 0 Å². The molecular weight excluding hydrogens is 387 g/mol. The van der Waals surface area contributed by atoms with Gasteiger partial charge in [0.05, 0.1) is 17.1 Å². The van der Waals surface area contributed by atoms with Gasteiger partial charge < -0.3 is 10.1 Å². The van der Waals surface area contributed by atoms with Crippen molar-refractivity contribution in [1.29, 1.82) is 0 Å². The van der Waals surface area contributed by atoms with E-state index in [2.05, 4.69) is 21.9 Å². The molecular formula is C21H23BN2O4S. The highest BCUT2D eigenvalue weighted by molar-refractivity contribution is 7.92. The standard InChI is InChI=1S/C21H23BN2O4S/c1-15-13-16(9-8-12-23-20(25)28-21(2,3)4)19(14-18(15)22)24-29(26,27)17-10-6-5-7-11-17/h5-7,10-11,13-14,24H,12H2,1-4H3,(H,23,25). The molecule has 0 saturated carbocycles. The van der Waals surface area contributed by atoms with Crippen LogP contribution in [0.3, 0.4) is 0 Å². The summed E-state index contributed by atoms with van der Waals surface area (Å²) in [5, 5.41) is 2.53. The molecule has 29 heavy (non-hydrogen) atoms. The van der Waals surface area contributed by atoms with Gasteiger partial charge in [0, 0.05) is 5.56 Å². The van der Waals surface area contributed by atoms with Crippen LogP contribution in [-0.2, 0) is 14.8 Å². The van der Waals surface area contributed by atoms with Crippen LogP contribution in [-0.4, -0.2) is 34.5 Å². The van der Waals surface area contributed by atoms with Gasteiger partial charge in [0.25, 0.3) is 10.0 Å². The molecule has 0 saturated heterocycles. The smallest absolute Gasteiger partial charge is 0.408 e. The largest absolute Gasteiger partial charge is 0.444 e. The zero-order valence-corrected chi connectivity index (χ0v) is 17.7. The van der Waals surface area contributed by atoms with Crippen molar-refractivity contribution >= 4 is 35.1 Å². The number of hydrogen-bond acceptors (Lipinski definition) is 4. The van der Waals surface area contributed by atoms with Gasteiger partial charge in [0.2, 0.25) is 0 Å². The van der Waals surface area contributed by atoms with E-state index in [0.717, 1.165) is 5.56 Å². The molecule has 0 aromatic heterocycles. The summed E-state index contributed by atoms with van der Waals surface area (Å²) in [6.07, 6.45) is -0.578. The van der Waals surface area contributed by atoms with Gasteiger partial charge in [-0.1, -0.05) is 41.1 Å². The molecule has 2 radical (unpaired) electrons. The molecule has 2 N–H and O–H groups in total. The minimum atomic E-state index is -3.79. The Labute approximate surface area is 173 Å². The van der Waals surface area contributed by atoms with Crippen molar-refractivity contribution in [3.63, 3.8) is 0 Å². The molecule has 0 spiro atoms. The molecule has 2 rings (SSSR count). The molecule has 2 aromatic carbocycles. The van der Waals surface area contributed by atoms with Crippen LogP contribution in [0.5, 0.6) is 0 Å². The number of amides is 1. The van der Waals surface area contributed by atoms with Gasteiger partial charge in [-0.2, -0.15) is 0 Å². The molecule has 8 heteroatoms. The van der Waals surface area contributed by atoms with Crippen molar-refractivity contribution in [3.8, 4) is 11.8 Å². The number of carbonyl (C=O) groups excluding carboxylic acids is 1. The third kappa shape index (κ3) is 6.88. The first-order valence-electron chi connectivity index (χ1n) is 8.92. The lowest BCUT2D eigenvalue weighted by Gasteiger charge is -2.19. The lowest BCUT2D eigenvalue weighted by Crippen LogP contribution is -2.32. The molecule has 0 heterocycles. The Balaban J connectivity index is 2.21. The van der Waals surface area contributed by atoms with Gasteiger partial charge in [0.15, 0.2) is 0 Å². The van der Waals surface area contributed by atoms with Crippen LogP contribution in [0.1, 0.15) is 31.9 Å². The summed E-state index contributed by atoms with van der Waals surface area (Å²) in [4.78, 5) is 11.8. The number of anilines is 1. The second kappa shape index (κ2) is 9.06. The molecule has 0 fully saturated rings. The predicted octanol–water partition coefficient (Wildman–Crippen LogP) is 2.47. The molecule has 0 atom stereocenters. The topological polar surface area (TPSA) is 84.5 Å². The number of sulfonamides is 1. The van der Waals surface area contributed by atoms with Crippen LogP contribution < -0.4 is 15.5 Å². The van der Waals surface area contributed by atoms with E-state index in [9.17, 15) is 13.2 Å². The fourth-order valence-electron chi connectivity index (χ4n) is 2.29. The fraction of sp³-hybridized carbons (Fsp3) is 0.286. The highest BCUT2D eigenvalue weighted by atomic mass is 32.2. The number of nitrogens with one attached hydrogen (secondary N) is 2. The Morgan fingerprint density at radius 3 is 2.45 bits per heavy atom. The molecule has 1 amide bonds. The summed E-state index contributed by atoms with van der Waals surface area (Å²) in [7, 11) is 2.15. The second-order valence-electron chi connectivity index (χ2n) is 7.33. The summed E-state index contributed by atoms with van der Waals surface area (Å²) >= 11 is 0. The highest BCUT2D eigenvalue weighted by Crippen LogP contribution is 2.19. The maximum atomic E-state index is 12.6. The summed E-state index contributed by atoms with van der Waals surface area (Å²) in [5.74, 6) is 5.66. The minimum Gasteiger partial charge on any atom is -0.444 e. The molecule has 0 bridgehead atoms. The van der Waals surface area contributed by atoms with Gasteiger partial charge >= 0.3 is 6.09 Å². The third-order valence-electron chi connectivity index (χ3n) is 3.65. The van der Waals surface area contributed by atoms with E-state index in [4.69, 9.17) is 12.6 Å². The molecule has 2 aromatic rings. The minimum absolute atomic E-state index is 0.0449. The van der Waals surface area contributed by atoms with Crippen LogP contribution in [0, 0.1) is 18.8 Å². The van der Waals surface area contributed by atoms with Gasteiger partial charge in [-0.3, -0.25) is 4.72 Å². The quantitative estimate of drug-likeness (QED) is 0.599. The maximum Gasteiger partial charge on any atom is 0.408 e. The van der Waals surface area contributed by atoms with Crippen molar-refractivity contribution in [1.82, 2.24) is 5.32 Å². The van der Waals surface area contributed by atoms with Gasteiger partial charge in [-0.15, -0.1) is 0 Å². The first-order valence-corrected chi connectivity index (χ1v) is 10.4. The Bertz CT molecular complexity index is 1050. The summed E-state index contributed by atoms with van der Waals surface area (Å²) in [5.41, 5.74) is 1.31. The van der Waals surface area contributed by atoms with Crippen LogP contribution in [0.4, 0.5) is 10.5 Å². The van der Waals surface area contributed by atoms with Crippen molar-refractivity contribution < 1.29 is 17.9 Å².